The maximum absolute atomic E-state index is 11.9. The van der Waals surface area contributed by atoms with Crippen LogP contribution in [-0.2, 0) is 0 Å². The van der Waals surface area contributed by atoms with Crippen LogP contribution < -0.4 is 5.32 Å². The third-order valence-electron chi connectivity index (χ3n) is 3.67. The number of carbonyl (C=O) groups excluding carboxylic acids is 1. The van der Waals surface area contributed by atoms with Crippen LogP contribution in [0.4, 0.5) is 0 Å². The monoisotopic (exact) mass is 276 g/mol. The fourth-order valence-corrected chi connectivity index (χ4v) is 2.90. The van der Waals surface area contributed by atoms with Crippen molar-refractivity contribution in [2.45, 2.75) is 27.2 Å². The Kier molecular flexibility index (Phi) is 5.06. The van der Waals surface area contributed by atoms with Gasteiger partial charge in [-0.15, -0.1) is 0 Å². The van der Waals surface area contributed by atoms with Gasteiger partial charge in [0.1, 0.15) is 5.69 Å². The summed E-state index contributed by atoms with van der Waals surface area (Å²) in [4.78, 5) is 22.5. The van der Waals surface area contributed by atoms with E-state index in [9.17, 15) is 4.79 Å². The maximum Gasteiger partial charge on any atom is 0.271 e. The summed E-state index contributed by atoms with van der Waals surface area (Å²) in [5.41, 5.74) is 1.20. The molecule has 0 saturated carbocycles. The van der Waals surface area contributed by atoms with Crippen LogP contribution >= 0.6 is 0 Å². The molecular weight excluding hydrogens is 252 g/mol. The SMILES string of the molecule is Cc1cnc(C(=O)NCCN2CC(C)CC(C)C2)cn1. The van der Waals surface area contributed by atoms with Crippen LogP contribution in [0.25, 0.3) is 0 Å². The summed E-state index contributed by atoms with van der Waals surface area (Å²) in [5.74, 6) is 1.35. The van der Waals surface area contributed by atoms with E-state index in [0.29, 0.717) is 12.2 Å². The van der Waals surface area contributed by atoms with Crippen molar-refractivity contribution in [1.29, 1.82) is 0 Å². The Labute approximate surface area is 120 Å². The molecule has 1 aliphatic rings. The molecule has 20 heavy (non-hydrogen) atoms. The van der Waals surface area contributed by atoms with E-state index in [1.54, 1.807) is 6.20 Å². The first-order chi connectivity index (χ1) is 9.54. The van der Waals surface area contributed by atoms with Gasteiger partial charge in [0.05, 0.1) is 11.9 Å². The Hall–Kier alpha value is -1.49. The van der Waals surface area contributed by atoms with Gasteiger partial charge in [0.25, 0.3) is 5.91 Å². The number of hydrogen-bond acceptors (Lipinski definition) is 4. The fraction of sp³-hybridized carbons (Fsp3) is 0.667. The molecule has 110 valence electrons. The zero-order valence-electron chi connectivity index (χ0n) is 12.6. The molecule has 1 saturated heterocycles. The summed E-state index contributed by atoms with van der Waals surface area (Å²) < 4.78 is 0. The van der Waals surface area contributed by atoms with Crippen LogP contribution in [0.1, 0.15) is 36.5 Å². The number of hydrogen-bond donors (Lipinski definition) is 1. The van der Waals surface area contributed by atoms with Crippen molar-refractivity contribution in [3.05, 3.63) is 23.8 Å². The molecule has 1 aromatic rings. The van der Waals surface area contributed by atoms with Crippen molar-refractivity contribution < 1.29 is 4.79 Å². The molecule has 1 N–H and O–H groups in total. The van der Waals surface area contributed by atoms with E-state index in [1.807, 2.05) is 6.92 Å². The third-order valence-corrected chi connectivity index (χ3v) is 3.67. The quantitative estimate of drug-likeness (QED) is 0.905. The highest BCUT2D eigenvalue weighted by Crippen LogP contribution is 2.20. The number of amides is 1. The van der Waals surface area contributed by atoms with Crippen LogP contribution in [0.5, 0.6) is 0 Å². The number of nitrogens with one attached hydrogen (secondary N) is 1. The van der Waals surface area contributed by atoms with Crippen molar-refractivity contribution in [2.24, 2.45) is 11.8 Å². The predicted molar refractivity (Wildman–Crippen MR) is 78.5 cm³/mol. The van der Waals surface area contributed by atoms with E-state index < -0.39 is 0 Å². The molecule has 0 aliphatic carbocycles. The van der Waals surface area contributed by atoms with Crippen LogP contribution in [0.15, 0.2) is 12.4 Å². The lowest BCUT2D eigenvalue weighted by Crippen LogP contribution is -2.43. The molecule has 1 aliphatic heterocycles. The largest absolute Gasteiger partial charge is 0.349 e. The number of nitrogens with zero attached hydrogens (tertiary/aromatic N) is 3. The molecule has 1 amide bonds. The molecule has 0 radical (unpaired) electrons. The third kappa shape index (κ3) is 4.27. The lowest BCUT2D eigenvalue weighted by atomic mass is 9.92. The Bertz CT molecular complexity index is 436. The molecule has 1 fully saturated rings. The minimum absolute atomic E-state index is 0.143. The minimum atomic E-state index is -0.143. The molecule has 2 heterocycles. The van der Waals surface area contributed by atoms with Crippen molar-refractivity contribution in [3.63, 3.8) is 0 Å². The number of piperidine rings is 1. The average Bonchev–Trinajstić information content (AvgIpc) is 2.38. The summed E-state index contributed by atoms with van der Waals surface area (Å²) in [6, 6.07) is 0. The molecule has 2 rings (SSSR count). The maximum atomic E-state index is 11.9. The van der Waals surface area contributed by atoms with Gasteiger partial charge in [0, 0.05) is 32.4 Å². The highest BCUT2D eigenvalue weighted by molar-refractivity contribution is 5.91. The van der Waals surface area contributed by atoms with Gasteiger partial charge in [-0.05, 0) is 25.2 Å². The van der Waals surface area contributed by atoms with Gasteiger partial charge in [0.15, 0.2) is 0 Å². The van der Waals surface area contributed by atoms with E-state index in [2.05, 4.69) is 34.0 Å². The summed E-state index contributed by atoms with van der Waals surface area (Å²) in [6.45, 7) is 10.3. The zero-order valence-corrected chi connectivity index (χ0v) is 12.6. The summed E-state index contributed by atoms with van der Waals surface area (Å²) in [6.07, 6.45) is 4.44. The number of likely N-dealkylation sites (tertiary alicyclic amines) is 1. The molecular formula is C15H24N4O. The molecule has 0 spiro atoms. The molecule has 2 atom stereocenters. The Balaban J connectivity index is 1.75. The van der Waals surface area contributed by atoms with Gasteiger partial charge in [-0.3, -0.25) is 9.78 Å². The Morgan fingerprint density at radius 1 is 1.30 bits per heavy atom. The second kappa shape index (κ2) is 6.79. The van der Waals surface area contributed by atoms with Crippen molar-refractivity contribution in [3.8, 4) is 0 Å². The van der Waals surface area contributed by atoms with E-state index in [1.165, 1.54) is 12.6 Å². The zero-order chi connectivity index (χ0) is 14.5. The van der Waals surface area contributed by atoms with E-state index in [-0.39, 0.29) is 5.91 Å². The van der Waals surface area contributed by atoms with Crippen LogP contribution in [0.3, 0.4) is 0 Å². The van der Waals surface area contributed by atoms with E-state index in [4.69, 9.17) is 0 Å². The lowest BCUT2D eigenvalue weighted by molar-refractivity contribution is 0.0931. The van der Waals surface area contributed by atoms with E-state index >= 15 is 0 Å². The summed E-state index contributed by atoms with van der Waals surface area (Å²) >= 11 is 0. The molecule has 1 aromatic heterocycles. The van der Waals surface area contributed by atoms with Gasteiger partial charge in [0.2, 0.25) is 0 Å². The van der Waals surface area contributed by atoms with Gasteiger partial charge in [-0.1, -0.05) is 13.8 Å². The van der Waals surface area contributed by atoms with Gasteiger partial charge in [-0.25, -0.2) is 4.98 Å². The summed E-state index contributed by atoms with van der Waals surface area (Å²) in [7, 11) is 0. The predicted octanol–water partition coefficient (Wildman–Crippen LogP) is 1.49. The van der Waals surface area contributed by atoms with Crippen molar-refractivity contribution in [2.75, 3.05) is 26.2 Å². The first-order valence-corrected chi connectivity index (χ1v) is 7.34. The molecule has 2 unspecified atom stereocenters. The fourth-order valence-electron chi connectivity index (χ4n) is 2.90. The second-order valence-corrected chi connectivity index (χ2v) is 6.00. The molecule has 0 bridgehead atoms. The van der Waals surface area contributed by atoms with Crippen molar-refractivity contribution in [1.82, 2.24) is 20.2 Å². The van der Waals surface area contributed by atoms with Crippen LogP contribution in [0.2, 0.25) is 0 Å². The van der Waals surface area contributed by atoms with Gasteiger partial charge in [-0.2, -0.15) is 0 Å². The molecule has 5 heteroatoms. The minimum Gasteiger partial charge on any atom is -0.349 e. The highest BCUT2D eigenvalue weighted by atomic mass is 16.1. The van der Waals surface area contributed by atoms with Crippen molar-refractivity contribution >= 4 is 5.91 Å². The Morgan fingerprint density at radius 3 is 2.60 bits per heavy atom. The first kappa shape index (κ1) is 14.9. The number of rotatable bonds is 4. The van der Waals surface area contributed by atoms with Gasteiger partial charge >= 0.3 is 0 Å². The van der Waals surface area contributed by atoms with Crippen LogP contribution in [0, 0.1) is 18.8 Å². The topological polar surface area (TPSA) is 58.1 Å². The normalized spacial score (nSPS) is 23.6. The first-order valence-electron chi connectivity index (χ1n) is 7.34. The average molecular weight is 276 g/mol. The number of aryl methyl sites for hydroxylation is 1. The highest BCUT2D eigenvalue weighted by Gasteiger charge is 2.21. The second-order valence-electron chi connectivity index (χ2n) is 6.00. The standard InChI is InChI=1S/C15H24N4O/c1-11-6-12(2)10-19(9-11)5-4-16-15(20)14-8-17-13(3)7-18-14/h7-8,11-12H,4-6,9-10H2,1-3H3,(H,16,20). The van der Waals surface area contributed by atoms with E-state index in [0.717, 1.165) is 37.2 Å². The lowest BCUT2D eigenvalue weighted by Gasteiger charge is -2.34. The molecule has 5 nitrogen and oxygen atoms in total. The number of carbonyl (C=O) groups is 1. The smallest absolute Gasteiger partial charge is 0.271 e. The summed E-state index contributed by atoms with van der Waals surface area (Å²) in [5, 5.41) is 2.91. The Morgan fingerprint density at radius 2 is 2.00 bits per heavy atom. The van der Waals surface area contributed by atoms with Crippen LogP contribution in [-0.4, -0.2) is 47.0 Å². The number of aromatic nitrogens is 2. The van der Waals surface area contributed by atoms with Gasteiger partial charge < -0.3 is 10.2 Å². The molecule has 0 aromatic carbocycles.